The number of fused-ring (bicyclic) bond motifs is 2. The molecule has 1 atom stereocenters. The van der Waals surface area contributed by atoms with Crippen molar-refractivity contribution in [2.45, 2.75) is 17.6 Å². The van der Waals surface area contributed by atoms with Crippen molar-refractivity contribution in [2.24, 2.45) is 5.92 Å². The average molecular weight is 567 g/mol. The predicted octanol–water partition coefficient (Wildman–Crippen LogP) is 4.38. The molecule has 214 valence electrons. The van der Waals surface area contributed by atoms with E-state index in [0.29, 0.717) is 33.8 Å². The summed E-state index contributed by atoms with van der Waals surface area (Å²) in [6.45, 7) is 3.67. The summed E-state index contributed by atoms with van der Waals surface area (Å²) in [6.07, 6.45) is 1.11. The molecule has 2 N–H and O–H groups in total. The molecular formula is C34H30O8. The number of esters is 2. The van der Waals surface area contributed by atoms with Crippen LogP contribution >= 0.6 is 0 Å². The van der Waals surface area contributed by atoms with E-state index in [4.69, 9.17) is 18.9 Å². The monoisotopic (exact) mass is 566 g/mol. The first-order chi connectivity index (χ1) is 20.4. The summed E-state index contributed by atoms with van der Waals surface area (Å²) >= 11 is 0. The van der Waals surface area contributed by atoms with Crippen LogP contribution in [0.5, 0.6) is 11.5 Å². The lowest BCUT2D eigenvalue weighted by Gasteiger charge is -2.53. The van der Waals surface area contributed by atoms with Crippen molar-refractivity contribution in [3.8, 4) is 11.5 Å². The maximum absolute atomic E-state index is 13.4. The van der Waals surface area contributed by atoms with Gasteiger partial charge in [0.15, 0.2) is 0 Å². The molecule has 4 aromatic rings. The first-order valence-corrected chi connectivity index (χ1v) is 13.8. The molecule has 3 aliphatic carbocycles. The largest absolute Gasteiger partial charge is 0.489 e. The highest BCUT2D eigenvalue weighted by atomic mass is 16.6. The van der Waals surface area contributed by atoms with Gasteiger partial charge in [0.2, 0.25) is 0 Å². The van der Waals surface area contributed by atoms with Gasteiger partial charge >= 0.3 is 11.9 Å². The molecule has 0 fully saturated rings. The van der Waals surface area contributed by atoms with Crippen LogP contribution in [0.2, 0.25) is 0 Å². The highest BCUT2D eigenvalue weighted by Crippen LogP contribution is 2.59. The second-order valence-electron chi connectivity index (χ2n) is 10.3. The van der Waals surface area contributed by atoms with Crippen LogP contribution in [0.15, 0.2) is 97.6 Å². The van der Waals surface area contributed by atoms with Gasteiger partial charge in [-0.2, -0.15) is 0 Å². The molecular weight excluding hydrogens is 536 g/mol. The van der Waals surface area contributed by atoms with Crippen LogP contribution in [0.4, 0.5) is 0 Å². The van der Waals surface area contributed by atoms with E-state index in [-0.39, 0.29) is 32.8 Å². The third kappa shape index (κ3) is 4.49. The van der Waals surface area contributed by atoms with E-state index in [1.807, 2.05) is 36.4 Å². The molecule has 42 heavy (non-hydrogen) atoms. The normalized spacial score (nSPS) is 21.6. The van der Waals surface area contributed by atoms with Gasteiger partial charge in [0.1, 0.15) is 49.1 Å². The fourth-order valence-electron chi connectivity index (χ4n) is 6.18. The molecule has 4 aromatic carbocycles. The number of rotatable bonds is 10. The van der Waals surface area contributed by atoms with Crippen LogP contribution in [0.1, 0.15) is 28.7 Å². The maximum atomic E-state index is 13.4. The fraction of sp³-hybridized carbons (Fsp3) is 0.235. The number of carbonyl (C=O) groups is 2. The molecule has 0 spiro atoms. The molecule has 0 saturated carbocycles. The van der Waals surface area contributed by atoms with E-state index >= 15 is 0 Å². The second-order valence-corrected chi connectivity index (χ2v) is 10.3. The van der Waals surface area contributed by atoms with Crippen molar-refractivity contribution in [1.82, 2.24) is 0 Å². The standard InChI is InChI=1S/C34H30O8/c1-2-31(35)41-19-17-39-29-15-16-30(23-10-4-3-9-22(23)29)40-18-20-42-32(36)28-21-33(37)24-11-5-7-13-26(24)34(28,38)27-14-8-6-12-25(27)33/h2-16,28,37-38H,1,17-21H2. The Kier molecular flexibility index (Phi) is 7.18. The zero-order valence-electron chi connectivity index (χ0n) is 22.8. The van der Waals surface area contributed by atoms with Crippen molar-refractivity contribution in [1.29, 1.82) is 0 Å². The molecule has 0 aromatic heterocycles. The first kappa shape index (κ1) is 27.5. The van der Waals surface area contributed by atoms with E-state index in [1.54, 1.807) is 48.5 Å². The van der Waals surface area contributed by atoms with Gasteiger partial charge in [-0.05, 0) is 34.4 Å². The lowest BCUT2D eigenvalue weighted by molar-refractivity contribution is -0.167. The lowest BCUT2D eigenvalue weighted by atomic mass is 9.54. The molecule has 8 heteroatoms. The SMILES string of the molecule is C=CC(=O)OCCOc1ccc(OCCOC(=O)C2CC3(O)c4ccccc4C2(O)c2ccccc23)c2ccccc12. The van der Waals surface area contributed by atoms with Crippen LogP contribution in [0, 0.1) is 5.92 Å². The molecule has 8 nitrogen and oxygen atoms in total. The Morgan fingerprint density at radius 2 is 1.19 bits per heavy atom. The van der Waals surface area contributed by atoms with Crippen molar-refractivity contribution in [3.05, 3.63) is 120 Å². The summed E-state index contributed by atoms with van der Waals surface area (Å²) < 4.78 is 22.4. The Labute approximate surface area is 242 Å². The highest BCUT2D eigenvalue weighted by molar-refractivity contribution is 5.93. The number of aliphatic hydroxyl groups is 2. The van der Waals surface area contributed by atoms with Crippen molar-refractivity contribution < 1.29 is 38.7 Å². The first-order valence-electron chi connectivity index (χ1n) is 13.8. The molecule has 0 aliphatic heterocycles. The van der Waals surface area contributed by atoms with Gasteiger partial charge in [0, 0.05) is 23.3 Å². The Morgan fingerprint density at radius 1 is 0.714 bits per heavy atom. The van der Waals surface area contributed by atoms with E-state index in [2.05, 4.69) is 6.58 Å². The molecule has 7 rings (SSSR count). The number of hydrogen-bond acceptors (Lipinski definition) is 8. The summed E-state index contributed by atoms with van der Waals surface area (Å²) in [5, 5.41) is 25.5. The third-order valence-electron chi connectivity index (χ3n) is 8.04. The molecule has 0 saturated heterocycles. The third-order valence-corrected chi connectivity index (χ3v) is 8.04. The zero-order chi connectivity index (χ0) is 29.3. The Hall–Kier alpha value is -4.66. The van der Waals surface area contributed by atoms with Gasteiger partial charge < -0.3 is 29.2 Å². The van der Waals surface area contributed by atoms with Crippen LogP contribution in [0.3, 0.4) is 0 Å². The quantitative estimate of drug-likeness (QED) is 0.165. The van der Waals surface area contributed by atoms with E-state index in [1.165, 1.54) is 0 Å². The van der Waals surface area contributed by atoms with Crippen molar-refractivity contribution in [2.75, 3.05) is 26.4 Å². The van der Waals surface area contributed by atoms with Crippen LogP contribution in [-0.4, -0.2) is 48.6 Å². The molecule has 0 heterocycles. The Balaban J connectivity index is 1.13. The van der Waals surface area contributed by atoms with Gasteiger partial charge in [-0.15, -0.1) is 0 Å². The predicted molar refractivity (Wildman–Crippen MR) is 154 cm³/mol. The highest BCUT2D eigenvalue weighted by Gasteiger charge is 2.62. The summed E-state index contributed by atoms with van der Waals surface area (Å²) in [7, 11) is 0. The molecule has 0 amide bonds. The minimum atomic E-state index is -1.62. The van der Waals surface area contributed by atoms with Gasteiger partial charge in [-0.25, -0.2) is 4.79 Å². The molecule has 1 unspecified atom stereocenters. The molecule has 0 radical (unpaired) electrons. The van der Waals surface area contributed by atoms with E-state index in [0.717, 1.165) is 16.8 Å². The van der Waals surface area contributed by atoms with Gasteiger partial charge in [0.25, 0.3) is 0 Å². The number of carbonyl (C=O) groups excluding carboxylic acids is 2. The van der Waals surface area contributed by atoms with E-state index in [9.17, 15) is 19.8 Å². The summed E-state index contributed by atoms with van der Waals surface area (Å²) in [4.78, 5) is 24.6. The smallest absolute Gasteiger partial charge is 0.330 e. The fourth-order valence-corrected chi connectivity index (χ4v) is 6.18. The number of benzene rings is 4. The van der Waals surface area contributed by atoms with Crippen molar-refractivity contribution >= 4 is 22.7 Å². The minimum absolute atomic E-state index is 0.0100. The van der Waals surface area contributed by atoms with Crippen LogP contribution < -0.4 is 9.47 Å². The second kappa shape index (κ2) is 11.0. The summed E-state index contributed by atoms with van der Waals surface area (Å²) in [5.41, 5.74) is -0.780. The van der Waals surface area contributed by atoms with Gasteiger partial charge in [-0.3, -0.25) is 4.79 Å². The number of hydrogen-bond donors (Lipinski definition) is 2. The average Bonchev–Trinajstić information content (AvgIpc) is 3.03. The summed E-state index contributed by atoms with van der Waals surface area (Å²) in [6, 6.07) is 25.4. The minimum Gasteiger partial charge on any atom is -0.489 e. The lowest BCUT2D eigenvalue weighted by Crippen LogP contribution is -2.57. The van der Waals surface area contributed by atoms with Crippen LogP contribution in [0.25, 0.3) is 10.8 Å². The van der Waals surface area contributed by atoms with Crippen molar-refractivity contribution in [3.63, 3.8) is 0 Å². The molecule has 2 bridgehead atoms. The Morgan fingerprint density at radius 3 is 1.71 bits per heavy atom. The number of ether oxygens (including phenoxy) is 4. The molecule has 3 aliphatic rings. The topological polar surface area (TPSA) is 112 Å². The Bertz CT molecular complexity index is 1630. The van der Waals surface area contributed by atoms with E-state index < -0.39 is 29.1 Å². The maximum Gasteiger partial charge on any atom is 0.330 e. The van der Waals surface area contributed by atoms with Crippen LogP contribution in [-0.2, 0) is 30.3 Å². The van der Waals surface area contributed by atoms with Gasteiger partial charge in [0.05, 0.1) is 5.92 Å². The zero-order valence-corrected chi connectivity index (χ0v) is 22.8. The summed E-state index contributed by atoms with van der Waals surface area (Å²) in [5.74, 6) is -0.911. The van der Waals surface area contributed by atoms with Gasteiger partial charge in [-0.1, -0.05) is 79.4 Å².